The third kappa shape index (κ3) is 2.47. The van der Waals surface area contributed by atoms with E-state index in [4.69, 9.17) is 0 Å². The van der Waals surface area contributed by atoms with Crippen LogP contribution in [0.1, 0.15) is 24.0 Å². The van der Waals surface area contributed by atoms with Gasteiger partial charge in [-0.2, -0.15) is 10.2 Å². The maximum Gasteiger partial charge on any atom is 0.185 e. The van der Waals surface area contributed by atoms with Crippen LogP contribution in [-0.2, 0) is 18.9 Å². The third-order valence-corrected chi connectivity index (χ3v) is 3.38. The number of aryl methyl sites for hydroxylation is 2. The van der Waals surface area contributed by atoms with Crippen LogP contribution in [0.5, 0.6) is 0 Å². The van der Waals surface area contributed by atoms with Gasteiger partial charge in [0.15, 0.2) is 5.78 Å². The maximum atomic E-state index is 12.3. The quantitative estimate of drug-likeness (QED) is 0.783. The molecule has 0 aromatic carbocycles. The smallest absolute Gasteiger partial charge is 0.185 e. The molecule has 0 amide bonds. The van der Waals surface area contributed by atoms with E-state index in [1.54, 1.807) is 21.8 Å². The minimum absolute atomic E-state index is 0.137. The highest BCUT2D eigenvalue weighted by molar-refractivity contribution is 6.15. The Hall–Kier alpha value is -2.43. The fourth-order valence-corrected chi connectivity index (χ4v) is 2.41. The molecule has 3 rings (SSSR count). The molecule has 1 aliphatic carbocycles. The number of allylic oxidation sites excluding steroid dienone is 2. The molecule has 0 aliphatic heterocycles. The topological polar surface area (TPSA) is 52.7 Å². The number of ketones is 1. The fraction of sp³-hybridized carbons (Fsp3) is 0.267. The summed E-state index contributed by atoms with van der Waals surface area (Å²) in [7, 11) is 3.73. The SMILES string of the molecule is Cn1cc(/C=C2\CC/C(=C\c3cnn(C)c3)C2=O)cn1. The van der Waals surface area contributed by atoms with E-state index in [0.717, 1.165) is 35.1 Å². The van der Waals surface area contributed by atoms with E-state index in [0.29, 0.717) is 0 Å². The molecule has 5 nitrogen and oxygen atoms in total. The monoisotopic (exact) mass is 268 g/mol. The highest BCUT2D eigenvalue weighted by atomic mass is 16.1. The van der Waals surface area contributed by atoms with Crippen molar-refractivity contribution in [3.8, 4) is 0 Å². The lowest BCUT2D eigenvalue weighted by atomic mass is 10.1. The van der Waals surface area contributed by atoms with Gasteiger partial charge in [-0.25, -0.2) is 0 Å². The van der Waals surface area contributed by atoms with Gasteiger partial charge in [-0.1, -0.05) is 0 Å². The number of carbonyl (C=O) groups excluding carboxylic acids is 1. The van der Waals surface area contributed by atoms with Gasteiger partial charge >= 0.3 is 0 Å². The number of hydrogen-bond donors (Lipinski definition) is 0. The van der Waals surface area contributed by atoms with E-state index in [2.05, 4.69) is 10.2 Å². The van der Waals surface area contributed by atoms with E-state index in [-0.39, 0.29) is 5.78 Å². The Morgan fingerprint density at radius 2 is 1.40 bits per heavy atom. The molecular weight excluding hydrogens is 252 g/mol. The van der Waals surface area contributed by atoms with Crippen molar-refractivity contribution in [3.05, 3.63) is 47.1 Å². The van der Waals surface area contributed by atoms with E-state index in [1.165, 1.54) is 0 Å². The van der Waals surface area contributed by atoms with Crippen LogP contribution in [0.3, 0.4) is 0 Å². The molecule has 0 spiro atoms. The summed E-state index contributed by atoms with van der Waals surface area (Å²) < 4.78 is 3.47. The molecule has 0 N–H and O–H groups in total. The Morgan fingerprint density at radius 1 is 0.950 bits per heavy atom. The van der Waals surface area contributed by atoms with Crippen molar-refractivity contribution in [2.75, 3.05) is 0 Å². The highest BCUT2D eigenvalue weighted by Crippen LogP contribution is 2.29. The molecule has 2 heterocycles. The standard InChI is InChI=1S/C15H16N4O/c1-18-9-11(7-16-18)5-13-3-4-14(15(13)20)6-12-8-17-19(2)10-12/h5-10H,3-4H2,1-2H3/b13-5+,14-6+. The van der Waals surface area contributed by atoms with Gasteiger partial charge in [0, 0.05) is 48.8 Å². The summed E-state index contributed by atoms with van der Waals surface area (Å²) in [5.74, 6) is 0.137. The summed E-state index contributed by atoms with van der Waals surface area (Å²) in [5, 5.41) is 8.22. The predicted octanol–water partition coefficient (Wildman–Crippen LogP) is 1.98. The van der Waals surface area contributed by atoms with Crippen molar-refractivity contribution in [3.63, 3.8) is 0 Å². The molecule has 2 aromatic rings. The molecule has 0 radical (unpaired) electrons. The lowest BCUT2D eigenvalue weighted by molar-refractivity contribution is -0.111. The first-order valence-electron chi connectivity index (χ1n) is 6.55. The van der Waals surface area contributed by atoms with E-state index < -0.39 is 0 Å². The normalized spacial score (nSPS) is 19.4. The van der Waals surface area contributed by atoms with Gasteiger partial charge < -0.3 is 0 Å². The second kappa shape index (κ2) is 4.92. The van der Waals surface area contributed by atoms with Gasteiger partial charge in [0.1, 0.15) is 0 Å². The molecule has 1 aliphatic rings. The summed E-state index contributed by atoms with van der Waals surface area (Å²) in [6.45, 7) is 0. The first-order valence-corrected chi connectivity index (χ1v) is 6.55. The van der Waals surface area contributed by atoms with Crippen LogP contribution in [0.25, 0.3) is 12.2 Å². The van der Waals surface area contributed by atoms with Crippen LogP contribution in [-0.4, -0.2) is 25.3 Å². The lowest BCUT2D eigenvalue weighted by Crippen LogP contribution is -1.95. The highest BCUT2D eigenvalue weighted by Gasteiger charge is 2.23. The Balaban J connectivity index is 1.84. The van der Waals surface area contributed by atoms with Gasteiger partial charge in [0.25, 0.3) is 0 Å². The Morgan fingerprint density at radius 3 is 1.75 bits per heavy atom. The summed E-state index contributed by atoms with van der Waals surface area (Å²) in [4.78, 5) is 12.3. The molecule has 0 bridgehead atoms. The number of rotatable bonds is 2. The predicted molar refractivity (Wildman–Crippen MR) is 76.6 cm³/mol. The minimum atomic E-state index is 0.137. The van der Waals surface area contributed by atoms with Crippen molar-refractivity contribution in [2.45, 2.75) is 12.8 Å². The zero-order valence-electron chi connectivity index (χ0n) is 11.6. The summed E-state index contributed by atoms with van der Waals surface area (Å²) in [6, 6.07) is 0. The van der Waals surface area contributed by atoms with Crippen LogP contribution in [0.15, 0.2) is 35.9 Å². The number of nitrogens with zero attached hydrogens (tertiary/aromatic N) is 4. The molecule has 0 unspecified atom stereocenters. The van der Waals surface area contributed by atoms with Gasteiger partial charge in [0.05, 0.1) is 12.4 Å². The van der Waals surface area contributed by atoms with E-state index in [1.807, 2.05) is 38.6 Å². The zero-order chi connectivity index (χ0) is 14.1. The van der Waals surface area contributed by atoms with E-state index >= 15 is 0 Å². The van der Waals surface area contributed by atoms with Gasteiger partial charge in [-0.05, 0) is 25.0 Å². The van der Waals surface area contributed by atoms with Crippen molar-refractivity contribution >= 4 is 17.9 Å². The molecule has 2 aromatic heterocycles. The molecular formula is C15H16N4O. The molecule has 1 fully saturated rings. The Bertz CT molecular complexity index is 658. The van der Waals surface area contributed by atoms with Gasteiger partial charge in [0.2, 0.25) is 0 Å². The lowest BCUT2D eigenvalue weighted by Gasteiger charge is -1.94. The average Bonchev–Trinajstić information content (AvgIpc) is 3.08. The van der Waals surface area contributed by atoms with Crippen LogP contribution in [0.2, 0.25) is 0 Å². The summed E-state index contributed by atoms with van der Waals surface area (Å²) in [5.41, 5.74) is 3.65. The summed E-state index contributed by atoms with van der Waals surface area (Å²) in [6.07, 6.45) is 12.8. The number of carbonyl (C=O) groups is 1. The molecule has 20 heavy (non-hydrogen) atoms. The molecule has 0 atom stereocenters. The molecule has 5 heteroatoms. The molecule has 0 saturated heterocycles. The van der Waals surface area contributed by atoms with E-state index in [9.17, 15) is 4.79 Å². The minimum Gasteiger partial charge on any atom is -0.289 e. The van der Waals surface area contributed by atoms with Gasteiger partial charge in [-0.15, -0.1) is 0 Å². The Kier molecular flexibility index (Phi) is 3.10. The van der Waals surface area contributed by atoms with Gasteiger partial charge in [-0.3, -0.25) is 14.2 Å². The number of aromatic nitrogens is 4. The summed E-state index contributed by atoms with van der Waals surface area (Å²) >= 11 is 0. The first kappa shape index (κ1) is 12.6. The van der Waals surface area contributed by atoms with Crippen LogP contribution in [0.4, 0.5) is 0 Å². The van der Waals surface area contributed by atoms with Crippen molar-refractivity contribution in [1.82, 2.24) is 19.6 Å². The zero-order valence-corrected chi connectivity index (χ0v) is 11.6. The second-order valence-corrected chi connectivity index (χ2v) is 5.06. The van der Waals surface area contributed by atoms with Crippen LogP contribution < -0.4 is 0 Å². The second-order valence-electron chi connectivity index (χ2n) is 5.06. The number of hydrogen-bond acceptors (Lipinski definition) is 3. The van der Waals surface area contributed by atoms with Crippen LogP contribution in [0, 0.1) is 0 Å². The number of Topliss-reactive ketones (excluding diaryl/α,β-unsaturated/α-hetero) is 1. The maximum absolute atomic E-state index is 12.3. The third-order valence-electron chi connectivity index (χ3n) is 3.38. The fourth-order valence-electron chi connectivity index (χ4n) is 2.41. The van der Waals surface area contributed by atoms with Crippen molar-refractivity contribution in [1.29, 1.82) is 0 Å². The largest absolute Gasteiger partial charge is 0.289 e. The first-order chi connectivity index (χ1) is 9.61. The molecule has 1 saturated carbocycles. The molecule has 102 valence electrons. The van der Waals surface area contributed by atoms with Crippen LogP contribution >= 0.6 is 0 Å². The average molecular weight is 268 g/mol. The van der Waals surface area contributed by atoms with Crippen molar-refractivity contribution in [2.24, 2.45) is 14.1 Å². The Labute approximate surface area is 117 Å². The van der Waals surface area contributed by atoms with Crippen molar-refractivity contribution < 1.29 is 4.79 Å².